The summed E-state index contributed by atoms with van der Waals surface area (Å²) in [7, 11) is 0. The van der Waals surface area contributed by atoms with E-state index in [0.717, 1.165) is 51.7 Å². The first-order chi connectivity index (χ1) is 16.8. The van der Waals surface area contributed by atoms with Gasteiger partial charge in [0.1, 0.15) is 5.75 Å². The summed E-state index contributed by atoms with van der Waals surface area (Å²) in [6.45, 7) is 1.40. The van der Waals surface area contributed by atoms with Crippen molar-refractivity contribution in [2.75, 3.05) is 13.2 Å². The number of ether oxygens (including phenoxy) is 1. The number of aromatic nitrogens is 2. The minimum atomic E-state index is -0.0535. The van der Waals surface area contributed by atoms with Crippen molar-refractivity contribution in [1.82, 2.24) is 15.3 Å². The third-order valence-electron chi connectivity index (χ3n) is 6.73. The van der Waals surface area contributed by atoms with Crippen LogP contribution in [0.3, 0.4) is 0 Å². The van der Waals surface area contributed by atoms with Crippen molar-refractivity contribution < 1.29 is 9.84 Å². The summed E-state index contributed by atoms with van der Waals surface area (Å²) in [5.74, 6) is 0.980. The van der Waals surface area contributed by atoms with E-state index in [9.17, 15) is 5.11 Å². The second kappa shape index (κ2) is 8.93. The lowest BCUT2D eigenvalue weighted by molar-refractivity contribution is 0.240. The third-order valence-corrected chi connectivity index (χ3v) is 6.73. The van der Waals surface area contributed by atoms with Crippen molar-refractivity contribution in [2.45, 2.75) is 25.4 Å². The molecular weight excluding hydrogens is 422 g/mol. The molecule has 0 aliphatic carbocycles. The fraction of sp³-hybridized carbons (Fsp3) is 0.207. The van der Waals surface area contributed by atoms with Gasteiger partial charge in [-0.25, -0.2) is 0 Å². The summed E-state index contributed by atoms with van der Waals surface area (Å²) in [6, 6.07) is 23.0. The third kappa shape index (κ3) is 3.94. The van der Waals surface area contributed by atoms with Crippen molar-refractivity contribution in [2.24, 2.45) is 0 Å². The second-order valence-corrected chi connectivity index (χ2v) is 8.96. The predicted octanol–water partition coefficient (Wildman–Crippen LogP) is 5.01. The maximum atomic E-state index is 10.1. The first-order valence-electron chi connectivity index (χ1n) is 11.8. The van der Waals surface area contributed by atoms with Crippen molar-refractivity contribution in [3.8, 4) is 16.9 Å². The summed E-state index contributed by atoms with van der Waals surface area (Å²) < 4.78 is 6.00. The van der Waals surface area contributed by atoms with Gasteiger partial charge in [-0.3, -0.25) is 4.98 Å². The molecule has 1 aliphatic rings. The normalized spacial score (nSPS) is 13.8. The van der Waals surface area contributed by atoms with Crippen LogP contribution in [-0.2, 0) is 19.4 Å². The van der Waals surface area contributed by atoms with Crippen LogP contribution in [0.1, 0.15) is 16.7 Å². The number of fused-ring (bicyclic) bond motifs is 3. The fourth-order valence-corrected chi connectivity index (χ4v) is 4.94. The Morgan fingerprint density at radius 1 is 1.00 bits per heavy atom. The molecule has 3 heterocycles. The average molecular weight is 450 g/mol. The number of rotatable bonds is 7. The van der Waals surface area contributed by atoms with E-state index < -0.39 is 0 Å². The van der Waals surface area contributed by atoms with Gasteiger partial charge in [-0.2, -0.15) is 0 Å². The van der Waals surface area contributed by atoms with Gasteiger partial charge < -0.3 is 20.1 Å². The Morgan fingerprint density at radius 3 is 2.82 bits per heavy atom. The lowest BCUT2D eigenvalue weighted by Gasteiger charge is -2.18. The molecule has 170 valence electrons. The van der Waals surface area contributed by atoms with Gasteiger partial charge in [0.2, 0.25) is 0 Å². The zero-order valence-electron chi connectivity index (χ0n) is 18.9. The molecule has 3 N–H and O–H groups in total. The number of pyridine rings is 1. The molecule has 1 aliphatic heterocycles. The number of aliphatic hydroxyl groups is 1. The molecule has 0 saturated heterocycles. The molecule has 0 radical (unpaired) electrons. The number of hydrogen-bond acceptors (Lipinski definition) is 4. The number of H-pyrrole nitrogens is 1. The van der Waals surface area contributed by atoms with Crippen LogP contribution in [-0.4, -0.2) is 34.3 Å². The number of aromatic amines is 1. The number of nitrogens with one attached hydrogen (secondary N) is 2. The Bertz CT molecular complexity index is 1470. The Morgan fingerprint density at radius 2 is 1.88 bits per heavy atom. The van der Waals surface area contributed by atoms with E-state index in [2.05, 4.69) is 57.7 Å². The lowest BCUT2D eigenvalue weighted by atomic mass is 9.98. The molecular formula is C29H27N3O2. The maximum absolute atomic E-state index is 10.1. The molecule has 0 unspecified atom stereocenters. The smallest absolute Gasteiger partial charge is 0.127 e. The van der Waals surface area contributed by atoms with Crippen LogP contribution in [0.2, 0.25) is 0 Å². The molecule has 0 amide bonds. The highest BCUT2D eigenvalue weighted by Gasteiger charge is 2.20. The van der Waals surface area contributed by atoms with Crippen LogP contribution in [0.15, 0.2) is 79.1 Å². The largest absolute Gasteiger partial charge is 0.493 e. The zero-order chi connectivity index (χ0) is 22.9. The second-order valence-electron chi connectivity index (χ2n) is 8.96. The molecule has 0 saturated carbocycles. The van der Waals surface area contributed by atoms with Crippen LogP contribution in [0.5, 0.6) is 5.75 Å². The number of nitrogens with zero attached hydrogens (tertiary/aromatic N) is 1. The van der Waals surface area contributed by atoms with E-state index in [1.807, 2.05) is 36.7 Å². The highest BCUT2D eigenvalue weighted by atomic mass is 16.5. The molecule has 0 bridgehead atoms. The maximum Gasteiger partial charge on any atom is 0.127 e. The number of hydrogen-bond donors (Lipinski definition) is 3. The lowest BCUT2D eigenvalue weighted by Crippen LogP contribution is -2.34. The minimum absolute atomic E-state index is 0.0535. The molecule has 0 fully saturated rings. The van der Waals surface area contributed by atoms with Crippen LogP contribution < -0.4 is 10.1 Å². The molecule has 2 aromatic heterocycles. The standard InChI is InChI=1S/C29H27N3O2/c33-18-25(14-23-16-32-28-8-4-2-6-26(23)28)30-17-24-13-21(12-20-9-10-34-29(20)24)22-11-19-5-1-3-7-27(19)31-15-22/h1-8,11-13,15-16,25,30,32-33H,9-10,14,17-18H2/t25-/m1/s1. The van der Waals surface area contributed by atoms with Crippen molar-refractivity contribution in [3.05, 3.63) is 95.8 Å². The number of para-hydroxylation sites is 2. The molecule has 5 heteroatoms. The van der Waals surface area contributed by atoms with Gasteiger partial charge in [0.15, 0.2) is 0 Å². The molecule has 34 heavy (non-hydrogen) atoms. The SMILES string of the molecule is OC[C@@H](Cc1c[nH]c2ccccc12)NCc1cc(-c2cnc3ccccc3c2)cc2c1OCC2. The number of benzene rings is 3. The summed E-state index contributed by atoms with van der Waals surface area (Å²) >= 11 is 0. The highest BCUT2D eigenvalue weighted by Crippen LogP contribution is 2.35. The topological polar surface area (TPSA) is 70.2 Å². The van der Waals surface area contributed by atoms with E-state index >= 15 is 0 Å². The van der Waals surface area contributed by atoms with Gasteiger partial charge >= 0.3 is 0 Å². The van der Waals surface area contributed by atoms with E-state index in [1.54, 1.807) is 0 Å². The van der Waals surface area contributed by atoms with Gasteiger partial charge in [-0.1, -0.05) is 36.4 Å². The van der Waals surface area contributed by atoms with Gasteiger partial charge in [0.25, 0.3) is 0 Å². The molecule has 3 aromatic carbocycles. The monoisotopic (exact) mass is 449 g/mol. The van der Waals surface area contributed by atoms with Gasteiger partial charge in [0, 0.05) is 58.8 Å². The Hall–Kier alpha value is -3.67. The van der Waals surface area contributed by atoms with Gasteiger partial charge in [-0.15, -0.1) is 0 Å². The summed E-state index contributed by atoms with van der Waals surface area (Å²) in [6.07, 6.45) is 5.65. The van der Waals surface area contributed by atoms with E-state index in [0.29, 0.717) is 13.2 Å². The molecule has 1 atom stereocenters. The van der Waals surface area contributed by atoms with E-state index in [1.165, 1.54) is 16.5 Å². The molecule has 5 nitrogen and oxygen atoms in total. The quantitative estimate of drug-likeness (QED) is 0.327. The molecule has 0 spiro atoms. The minimum Gasteiger partial charge on any atom is -0.493 e. The first kappa shape index (κ1) is 20.9. The van der Waals surface area contributed by atoms with Crippen molar-refractivity contribution >= 4 is 21.8 Å². The Kier molecular flexibility index (Phi) is 5.49. The van der Waals surface area contributed by atoms with Crippen LogP contribution in [0, 0.1) is 0 Å². The first-order valence-corrected chi connectivity index (χ1v) is 11.8. The van der Waals surface area contributed by atoms with Gasteiger partial charge in [-0.05, 0) is 53.4 Å². The number of aliphatic hydroxyl groups excluding tert-OH is 1. The predicted molar refractivity (Wildman–Crippen MR) is 136 cm³/mol. The zero-order valence-corrected chi connectivity index (χ0v) is 18.9. The van der Waals surface area contributed by atoms with Gasteiger partial charge in [0.05, 0.1) is 18.7 Å². The van der Waals surface area contributed by atoms with Crippen molar-refractivity contribution in [1.29, 1.82) is 0 Å². The molecule has 5 aromatic rings. The van der Waals surface area contributed by atoms with Crippen LogP contribution in [0.25, 0.3) is 32.9 Å². The fourth-order valence-electron chi connectivity index (χ4n) is 4.94. The van der Waals surface area contributed by atoms with Crippen LogP contribution >= 0.6 is 0 Å². The van der Waals surface area contributed by atoms with E-state index in [-0.39, 0.29) is 12.6 Å². The Balaban J connectivity index is 1.26. The summed E-state index contributed by atoms with van der Waals surface area (Å²) in [5, 5.41) is 16.0. The summed E-state index contributed by atoms with van der Waals surface area (Å²) in [4.78, 5) is 7.98. The summed E-state index contributed by atoms with van der Waals surface area (Å²) in [5.41, 5.74) is 7.94. The van der Waals surface area contributed by atoms with E-state index in [4.69, 9.17) is 4.74 Å². The van der Waals surface area contributed by atoms with Crippen molar-refractivity contribution in [3.63, 3.8) is 0 Å². The molecule has 6 rings (SSSR count). The highest BCUT2D eigenvalue weighted by molar-refractivity contribution is 5.84. The average Bonchev–Trinajstić information content (AvgIpc) is 3.53. The Labute approximate surface area is 198 Å². The van der Waals surface area contributed by atoms with Crippen LogP contribution in [0.4, 0.5) is 0 Å².